The van der Waals surface area contributed by atoms with Gasteiger partial charge in [0.15, 0.2) is 17.2 Å². The molecule has 0 atom stereocenters. The first-order chi connectivity index (χ1) is 21.2. The topological polar surface area (TPSA) is 58.0 Å². The summed E-state index contributed by atoms with van der Waals surface area (Å²) in [5, 5.41) is 0. The molecule has 4 aromatic rings. The lowest BCUT2D eigenvalue weighted by molar-refractivity contribution is -0.141. The van der Waals surface area contributed by atoms with Crippen LogP contribution >= 0.6 is 0 Å². The summed E-state index contributed by atoms with van der Waals surface area (Å²) in [7, 11) is 1.47. The first-order valence-corrected chi connectivity index (χ1v) is 14.1. The first kappa shape index (κ1) is 31.1. The fourth-order valence-corrected chi connectivity index (χ4v) is 5.18. The zero-order chi connectivity index (χ0) is 31.3. The van der Waals surface area contributed by atoms with Gasteiger partial charge in [-0.05, 0) is 53.9 Å². The van der Waals surface area contributed by atoms with E-state index in [-0.39, 0.29) is 43.7 Å². The third kappa shape index (κ3) is 7.24. The maximum absolute atomic E-state index is 14.6. The molecule has 0 bridgehead atoms. The Labute approximate surface area is 251 Å². The van der Waals surface area contributed by atoms with Crippen molar-refractivity contribution in [1.29, 1.82) is 0 Å². The van der Waals surface area contributed by atoms with Crippen molar-refractivity contribution < 1.29 is 40.9 Å². The molecule has 3 aromatic carbocycles. The largest absolute Gasteiger partial charge is 0.496 e. The van der Waals surface area contributed by atoms with E-state index in [2.05, 4.69) is 9.72 Å². The summed E-state index contributed by atoms with van der Waals surface area (Å²) in [5.74, 6) is 1.73. The highest BCUT2D eigenvalue weighted by Gasteiger charge is 2.40. The molecule has 1 aliphatic heterocycles. The van der Waals surface area contributed by atoms with Gasteiger partial charge in [-0.3, -0.25) is 4.90 Å². The maximum atomic E-state index is 14.6. The lowest BCUT2D eigenvalue weighted by atomic mass is 10.1. The number of benzene rings is 3. The maximum Gasteiger partial charge on any atom is 0.435 e. The Morgan fingerprint density at radius 1 is 0.932 bits per heavy atom. The van der Waals surface area contributed by atoms with Crippen LogP contribution in [0, 0.1) is 0 Å². The van der Waals surface area contributed by atoms with Crippen molar-refractivity contribution in [3.8, 4) is 34.4 Å². The van der Waals surface area contributed by atoms with Crippen LogP contribution in [0.2, 0.25) is 0 Å². The van der Waals surface area contributed by atoms with E-state index in [4.69, 9.17) is 14.2 Å². The summed E-state index contributed by atoms with van der Waals surface area (Å²) >= 11 is 0. The van der Waals surface area contributed by atoms with Gasteiger partial charge in [-0.25, -0.2) is 4.98 Å². The molecule has 44 heavy (non-hydrogen) atoms. The van der Waals surface area contributed by atoms with E-state index in [1.54, 1.807) is 53.1 Å². The molecule has 0 unspecified atom stereocenters. The van der Waals surface area contributed by atoms with E-state index in [0.717, 1.165) is 12.0 Å². The van der Waals surface area contributed by atoms with Gasteiger partial charge in [-0.1, -0.05) is 43.7 Å². The minimum Gasteiger partial charge on any atom is -0.496 e. The molecule has 12 heteroatoms. The first-order valence-electron chi connectivity index (χ1n) is 14.1. The second-order valence-electron chi connectivity index (χ2n) is 10.3. The van der Waals surface area contributed by atoms with E-state index in [0.29, 0.717) is 41.3 Å². The van der Waals surface area contributed by atoms with Crippen LogP contribution in [0.15, 0.2) is 66.7 Å². The Balaban J connectivity index is 1.57. The quantitative estimate of drug-likeness (QED) is 0.142. The Morgan fingerprint density at radius 2 is 1.64 bits per heavy atom. The minimum atomic E-state index is -4.72. The molecule has 5 rings (SSSR count). The molecule has 7 nitrogen and oxygen atoms in total. The molecule has 2 heterocycles. The second-order valence-corrected chi connectivity index (χ2v) is 10.3. The molecule has 0 saturated carbocycles. The number of ether oxygens (including phenoxy) is 4. The second kappa shape index (κ2) is 13.5. The number of unbranched alkanes of at least 4 members (excludes halogenated alkanes) is 1. The molecule has 234 valence electrons. The highest BCUT2D eigenvalue weighted by molar-refractivity contribution is 5.65. The Morgan fingerprint density at radius 3 is 2.34 bits per heavy atom. The summed E-state index contributed by atoms with van der Waals surface area (Å²) in [4.78, 5) is 6.02. The molecule has 0 spiro atoms. The number of fused-ring (bicyclic) bond motifs is 1. The number of hydrogen-bond donors (Lipinski definition) is 0. The van der Waals surface area contributed by atoms with E-state index >= 15 is 0 Å². The zero-order valence-corrected chi connectivity index (χ0v) is 24.2. The van der Waals surface area contributed by atoms with E-state index in [1.807, 2.05) is 17.9 Å². The van der Waals surface area contributed by atoms with Gasteiger partial charge in [-0.15, -0.1) is 0 Å². The summed E-state index contributed by atoms with van der Waals surface area (Å²) in [6.45, 7) is -0.227. The monoisotopic (exact) mass is 617 g/mol. The molecule has 0 amide bonds. The molecule has 0 saturated heterocycles. The number of halogens is 5. The Bertz CT molecular complexity index is 1560. The van der Waals surface area contributed by atoms with Crippen molar-refractivity contribution in [3.05, 3.63) is 89.2 Å². The number of hydrogen-bond acceptors (Lipinski definition) is 6. The molecule has 1 aliphatic rings. The van der Waals surface area contributed by atoms with Crippen LogP contribution in [0.1, 0.15) is 42.3 Å². The molecule has 0 aliphatic carbocycles. The van der Waals surface area contributed by atoms with Crippen LogP contribution in [-0.4, -0.2) is 35.0 Å². The summed E-state index contributed by atoms with van der Waals surface area (Å²) < 4.78 is 91.8. The number of methoxy groups -OCH3 is 1. The summed E-state index contributed by atoms with van der Waals surface area (Å²) in [5.41, 5.74) is 1.01. The third-order valence-electron chi connectivity index (χ3n) is 7.20. The van der Waals surface area contributed by atoms with Crippen molar-refractivity contribution in [2.45, 2.75) is 58.7 Å². The van der Waals surface area contributed by atoms with Gasteiger partial charge in [0.1, 0.15) is 17.3 Å². The molecular formula is C32H32F5N3O4. The highest BCUT2D eigenvalue weighted by atomic mass is 19.4. The van der Waals surface area contributed by atoms with Crippen LogP contribution in [0.3, 0.4) is 0 Å². The van der Waals surface area contributed by atoms with Crippen molar-refractivity contribution in [3.63, 3.8) is 0 Å². The lowest BCUT2D eigenvalue weighted by Gasteiger charge is -2.25. The van der Waals surface area contributed by atoms with Crippen molar-refractivity contribution in [2.24, 2.45) is 0 Å². The number of para-hydroxylation sites is 1. The average Bonchev–Trinajstić information content (AvgIpc) is 3.61. The van der Waals surface area contributed by atoms with Gasteiger partial charge in [0, 0.05) is 26.2 Å². The van der Waals surface area contributed by atoms with Crippen LogP contribution in [0.4, 0.5) is 22.0 Å². The predicted octanol–water partition coefficient (Wildman–Crippen LogP) is 7.91. The smallest absolute Gasteiger partial charge is 0.435 e. The summed E-state index contributed by atoms with van der Waals surface area (Å²) in [6.07, 6.45) is -3.32. The summed E-state index contributed by atoms with van der Waals surface area (Å²) in [6, 6.07) is 18.3. The number of rotatable bonds is 13. The molecule has 0 N–H and O–H groups in total. The van der Waals surface area contributed by atoms with Gasteiger partial charge in [-0.2, -0.15) is 22.0 Å². The Kier molecular flexibility index (Phi) is 9.58. The fraction of sp³-hybridized carbons (Fsp3) is 0.344. The Hall–Kier alpha value is -4.32. The van der Waals surface area contributed by atoms with E-state index in [9.17, 15) is 22.0 Å². The molecule has 0 radical (unpaired) electrons. The van der Waals surface area contributed by atoms with Crippen molar-refractivity contribution >= 4 is 0 Å². The standard InChI is InChI=1S/C32H32F5N3O4/c1-3-4-15-40-25(29(32(35,36)37)38-30(40)24-7-5-6-8-26(24)41-2)19-39(17-21-9-12-23(13-10-21)44-31(33)34)18-22-11-14-27-28(16-22)43-20-42-27/h5-14,16,31H,3-4,15,17-20H2,1-2H3. The minimum absolute atomic E-state index is 0.00970. The van der Waals surface area contributed by atoms with Crippen LogP contribution in [0.5, 0.6) is 23.0 Å². The molecular weight excluding hydrogens is 585 g/mol. The van der Waals surface area contributed by atoms with Gasteiger partial charge >= 0.3 is 12.8 Å². The van der Waals surface area contributed by atoms with Crippen LogP contribution in [-0.2, 0) is 32.4 Å². The van der Waals surface area contributed by atoms with Crippen LogP contribution < -0.4 is 18.9 Å². The predicted molar refractivity (Wildman–Crippen MR) is 153 cm³/mol. The average molecular weight is 618 g/mol. The normalized spacial score (nSPS) is 12.8. The SMILES string of the molecule is CCCCn1c(-c2ccccc2OC)nc(C(F)(F)F)c1CN(Cc1ccc(OC(F)F)cc1)Cc1ccc2c(c1)OCO2. The number of imidazole rings is 1. The van der Waals surface area contributed by atoms with E-state index in [1.165, 1.54) is 19.2 Å². The molecule has 0 fully saturated rings. The van der Waals surface area contributed by atoms with Gasteiger partial charge in [0.2, 0.25) is 6.79 Å². The number of alkyl halides is 5. The number of nitrogens with zero attached hydrogens (tertiary/aromatic N) is 3. The van der Waals surface area contributed by atoms with Crippen molar-refractivity contribution in [1.82, 2.24) is 14.5 Å². The van der Waals surface area contributed by atoms with Crippen molar-refractivity contribution in [2.75, 3.05) is 13.9 Å². The number of aromatic nitrogens is 2. The van der Waals surface area contributed by atoms with E-state index < -0.39 is 18.5 Å². The van der Waals surface area contributed by atoms with Gasteiger partial charge in [0.25, 0.3) is 0 Å². The van der Waals surface area contributed by atoms with Crippen LogP contribution in [0.25, 0.3) is 11.4 Å². The highest BCUT2D eigenvalue weighted by Crippen LogP contribution is 2.39. The van der Waals surface area contributed by atoms with Gasteiger partial charge < -0.3 is 23.5 Å². The third-order valence-corrected chi connectivity index (χ3v) is 7.20. The lowest BCUT2D eigenvalue weighted by Crippen LogP contribution is -2.26. The zero-order valence-electron chi connectivity index (χ0n) is 24.2. The molecule has 1 aromatic heterocycles. The fourth-order valence-electron chi connectivity index (χ4n) is 5.18. The van der Waals surface area contributed by atoms with Gasteiger partial charge in [0.05, 0.1) is 18.4 Å².